The van der Waals surface area contributed by atoms with Crippen molar-refractivity contribution in [3.05, 3.63) is 88.9 Å². The number of amides is 1. The quantitative estimate of drug-likeness (QED) is 0.349. The largest absolute Gasteiger partial charge is 0.478 e. The number of halogens is 1. The summed E-state index contributed by atoms with van der Waals surface area (Å²) >= 11 is 7.33. The van der Waals surface area contributed by atoms with Crippen LogP contribution in [0.2, 0.25) is 5.02 Å². The number of nitrogens with one attached hydrogen (secondary N) is 1. The first-order chi connectivity index (χ1) is 15.9. The van der Waals surface area contributed by atoms with Gasteiger partial charge in [-0.15, -0.1) is 10.2 Å². The van der Waals surface area contributed by atoms with E-state index in [1.165, 1.54) is 30.0 Å². The van der Waals surface area contributed by atoms with Crippen LogP contribution in [0.3, 0.4) is 0 Å². The lowest BCUT2D eigenvalue weighted by Gasteiger charge is -2.11. The molecule has 0 aliphatic heterocycles. The molecule has 0 aliphatic rings. The van der Waals surface area contributed by atoms with Crippen molar-refractivity contribution in [3.63, 3.8) is 0 Å². The maximum absolute atomic E-state index is 12.6. The third-order valence-electron chi connectivity index (χ3n) is 4.74. The summed E-state index contributed by atoms with van der Waals surface area (Å²) in [6.45, 7) is 2.01. The second-order valence-corrected chi connectivity index (χ2v) is 8.53. The second-order valence-electron chi connectivity index (χ2n) is 7.18. The van der Waals surface area contributed by atoms with Crippen molar-refractivity contribution in [3.8, 4) is 17.1 Å². The van der Waals surface area contributed by atoms with Gasteiger partial charge in [0, 0.05) is 11.3 Å². The summed E-state index contributed by atoms with van der Waals surface area (Å²) in [5.41, 5.74) is 3.17. The number of hydrogen-bond donors (Lipinski definition) is 2. The van der Waals surface area contributed by atoms with Gasteiger partial charge in [0.05, 0.1) is 22.0 Å². The van der Waals surface area contributed by atoms with Crippen LogP contribution < -0.4 is 5.32 Å². The Hall–Kier alpha value is -3.62. The molecule has 1 heterocycles. The highest BCUT2D eigenvalue weighted by atomic mass is 35.5. The van der Waals surface area contributed by atoms with E-state index in [0.717, 1.165) is 16.8 Å². The molecular formula is C24H19ClN4O3S. The zero-order valence-electron chi connectivity index (χ0n) is 17.5. The number of para-hydroxylation sites is 1. The first-order valence-corrected chi connectivity index (χ1v) is 11.3. The van der Waals surface area contributed by atoms with Gasteiger partial charge in [-0.1, -0.05) is 65.3 Å². The molecule has 0 bridgehead atoms. The zero-order chi connectivity index (χ0) is 23.4. The molecule has 0 fully saturated rings. The van der Waals surface area contributed by atoms with Gasteiger partial charge in [0.1, 0.15) is 0 Å². The van der Waals surface area contributed by atoms with Gasteiger partial charge < -0.3 is 10.4 Å². The number of benzene rings is 3. The molecule has 0 saturated carbocycles. The van der Waals surface area contributed by atoms with E-state index in [-0.39, 0.29) is 27.9 Å². The first kappa shape index (κ1) is 22.6. The predicted octanol–water partition coefficient (Wildman–Crippen LogP) is 5.33. The Balaban J connectivity index is 1.58. The third kappa shape index (κ3) is 5.24. The Labute approximate surface area is 199 Å². The number of thioether (sulfide) groups is 1. The van der Waals surface area contributed by atoms with Crippen LogP contribution in [0.15, 0.2) is 78.0 Å². The van der Waals surface area contributed by atoms with Crippen LogP contribution in [-0.4, -0.2) is 37.5 Å². The van der Waals surface area contributed by atoms with Gasteiger partial charge in [0.25, 0.3) is 0 Å². The highest BCUT2D eigenvalue weighted by Gasteiger charge is 2.18. The average molecular weight is 479 g/mol. The number of carbonyl (C=O) groups is 2. The third-order valence-corrected chi connectivity index (χ3v) is 6.00. The van der Waals surface area contributed by atoms with Gasteiger partial charge in [-0.05, 0) is 43.3 Å². The minimum atomic E-state index is -1.10. The minimum absolute atomic E-state index is 0.0341. The molecule has 3 aromatic carbocycles. The number of hydrogen-bond acceptors (Lipinski definition) is 5. The maximum Gasteiger partial charge on any atom is 0.335 e. The molecule has 166 valence electrons. The molecule has 4 rings (SSSR count). The fourth-order valence-electron chi connectivity index (χ4n) is 3.21. The molecular weight excluding hydrogens is 460 g/mol. The van der Waals surface area contributed by atoms with E-state index in [2.05, 4.69) is 15.5 Å². The highest BCUT2D eigenvalue weighted by molar-refractivity contribution is 7.99. The van der Waals surface area contributed by atoms with Crippen LogP contribution in [0.5, 0.6) is 0 Å². The molecule has 33 heavy (non-hydrogen) atoms. The summed E-state index contributed by atoms with van der Waals surface area (Å²) in [6.07, 6.45) is 0. The van der Waals surface area contributed by atoms with Crippen molar-refractivity contribution in [2.75, 3.05) is 11.1 Å². The van der Waals surface area contributed by atoms with Crippen LogP contribution in [0.1, 0.15) is 15.9 Å². The van der Waals surface area contributed by atoms with Crippen LogP contribution in [0.25, 0.3) is 17.1 Å². The van der Waals surface area contributed by atoms with E-state index in [0.29, 0.717) is 11.0 Å². The van der Waals surface area contributed by atoms with E-state index in [1.807, 2.05) is 66.1 Å². The Kier molecular flexibility index (Phi) is 6.76. The summed E-state index contributed by atoms with van der Waals surface area (Å²) in [5.74, 6) is -0.739. The molecule has 0 spiro atoms. The monoisotopic (exact) mass is 478 g/mol. The summed E-state index contributed by atoms with van der Waals surface area (Å²) < 4.78 is 1.91. The zero-order valence-corrected chi connectivity index (χ0v) is 19.1. The highest BCUT2D eigenvalue weighted by Crippen LogP contribution is 2.29. The summed E-state index contributed by atoms with van der Waals surface area (Å²) in [7, 11) is 0. The van der Waals surface area contributed by atoms with Gasteiger partial charge in [0.15, 0.2) is 11.0 Å². The molecule has 1 amide bonds. The van der Waals surface area contributed by atoms with Crippen molar-refractivity contribution in [2.24, 2.45) is 0 Å². The Morgan fingerprint density at radius 2 is 1.82 bits per heavy atom. The van der Waals surface area contributed by atoms with Crippen molar-refractivity contribution < 1.29 is 14.7 Å². The summed E-state index contributed by atoms with van der Waals surface area (Å²) in [6, 6.07) is 21.8. The number of carboxylic acids is 1. The van der Waals surface area contributed by atoms with Gasteiger partial charge in [-0.25, -0.2) is 4.79 Å². The number of rotatable bonds is 7. The van der Waals surface area contributed by atoms with Crippen LogP contribution in [0, 0.1) is 6.92 Å². The Morgan fingerprint density at radius 1 is 1.03 bits per heavy atom. The number of carboxylic acid groups (broad SMARTS) is 1. The normalized spacial score (nSPS) is 10.7. The van der Waals surface area contributed by atoms with E-state index < -0.39 is 5.97 Å². The van der Waals surface area contributed by atoms with Gasteiger partial charge >= 0.3 is 5.97 Å². The first-order valence-electron chi connectivity index (χ1n) is 9.96. The molecule has 0 saturated heterocycles. The van der Waals surface area contributed by atoms with Crippen molar-refractivity contribution in [1.29, 1.82) is 0 Å². The van der Waals surface area contributed by atoms with Crippen molar-refractivity contribution in [1.82, 2.24) is 14.8 Å². The number of nitrogens with zero attached hydrogens (tertiary/aromatic N) is 3. The summed E-state index contributed by atoms with van der Waals surface area (Å²) in [5, 5.41) is 21.3. The number of anilines is 1. The molecule has 0 aliphatic carbocycles. The smallest absolute Gasteiger partial charge is 0.335 e. The minimum Gasteiger partial charge on any atom is -0.478 e. The number of carbonyl (C=O) groups excluding carboxylic acids is 1. The van der Waals surface area contributed by atoms with E-state index in [1.54, 1.807) is 0 Å². The van der Waals surface area contributed by atoms with Gasteiger partial charge in [-0.2, -0.15) is 0 Å². The predicted molar refractivity (Wildman–Crippen MR) is 129 cm³/mol. The number of aromatic carboxylic acids is 1. The number of aromatic nitrogens is 3. The van der Waals surface area contributed by atoms with Crippen LogP contribution in [0.4, 0.5) is 5.69 Å². The lowest BCUT2D eigenvalue weighted by atomic mass is 10.1. The average Bonchev–Trinajstić information content (AvgIpc) is 3.23. The standard InChI is InChI=1S/C24H19ClN4O3S/c1-15-6-5-7-16(12-15)22-27-28-24(29(22)18-8-3-2-4-9-18)33-14-21(30)26-20-13-17(23(31)32)10-11-19(20)25/h2-13H,14H2,1H3,(H,26,30)(H,31,32). The molecule has 0 unspecified atom stereocenters. The topological polar surface area (TPSA) is 97.1 Å². The maximum atomic E-state index is 12.6. The SMILES string of the molecule is Cc1cccc(-c2nnc(SCC(=O)Nc3cc(C(=O)O)ccc3Cl)n2-c2ccccc2)c1. The van der Waals surface area contributed by atoms with Crippen LogP contribution >= 0.6 is 23.4 Å². The van der Waals surface area contributed by atoms with E-state index in [9.17, 15) is 9.59 Å². The number of aryl methyl sites for hydroxylation is 1. The molecule has 0 radical (unpaired) electrons. The van der Waals surface area contributed by atoms with Gasteiger partial charge in [0.2, 0.25) is 5.91 Å². The summed E-state index contributed by atoms with van der Waals surface area (Å²) in [4.78, 5) is 23.8. The molecule has 0 atom stereocenters. The lowest BCUT2D eigenvalue weighted by Crippen LogP contribution is -2.15. The molecule has 2 N–H and O–H groups in total. The molecule has 4 aromatic rings. The lowest BCUT2D eigenvalue weighted by molar-refractivity contribution is -0.113. The van der Waals surface area contributed by atoms with Gasteiger partial charge in [-0.3, -0.25) is 9.36 Å². The fourth-order valence-corrected chi connectivity index (χ4v) is 4.13. The van der Waals surface area contributed by atoms with Crippen molar-refractivity contribution in [2.45, 2.75) is 12.1 Å². The molecule has 7 nitrogen and oxygen atoms in total. The van der Waals surface area contributed by atoms with Crippen molar-refractivity contribution >= 4 is 40.9 Å². The second kappa shape index (κ2) is 9.89. The Bertz CT molecular complexity index is 1320. The molecule has 1 aromatic heterocycles. The van der Waals surface area contributed by atoms with E-state index in [4.69, 9.17) is 16.7 Å². The van der Waals surface area contributed by atoms with Crippen LogP contribution in [-0.2, 0) is 4.79 Å². The Morgan fingerprint density at radius 3 is 2.55 bits per heavy atom. The molecule has 9 heteroatoms. The van der Waals surface area contributed by atoms with E-state index >= 15 is 0 Å². The fraction of sp³-hybridized carbons (Fsp3) is 0.0833.